The zero-order valence-corrected chi connectivity index (χ0v) is 12.7. The van der Waals surface area contributed by atoms with Crippen LogP contribution in [0.3, 0.4) is 0 Å². The molecule has 0 atom stereocenters. The van der Waals surface area contributed by atoms with Gasteiger partial charge in [-0.1, -0.05) is 17.7 Å². The molecule has 2 N–H and O–H groups in total. The summed E-state index contributed by atoms with van der Waals surface area (Å²) in [4.78, 5) is 14.7. The van der Waals surface area contributed by atoms with E-state index in [4.69, 9.17) is 17.3 Å². The van der Waals surface area contributed by atoms with E-state index in [2.05, 4.69) is 0 Å². The van der Waals surface area contributed by atoms with Crippen LogP contribution >= 0.6 is 11.6 Å². The smallest absolute Gasteiger partial charge is 0.258 e. The number of carbonyl (C=O) groups is 1. The molecule has 2 aromatic carbocycles. The van der Waals surface area contributed by atoms with Crippen molar-refractivity contribution in [3.8, 4) is 0 Å². The molecule has 0 saturated carbocycles. The summed E-state index contributed by atoms with van der Waals surface area (Å²) >= 11 is 5.97. The first-order valence-corrected chi connectivity index (χ1v) is 7.41. The van der Waals surface area contributed by atoms with E-state index in [9.17, 15) is 4.79 Å². The van der Waals surface area contributed by atoms with Gasteiger partial charge in [0.05, 0.1) is 0 Å². The van der Waals surface area contributed by atoms with Crippen molar-refractivity contribution in [2.75, 3.05) is 17.2 Å². The van der Waals surface area contributed by atoms with Crippen LogP contribution in [0.15, 0.2) is 36.4 Å². The van der Waals surface area contributed by atoms with Crippen molar-refractivity contribution < 1.29 is 4.79 Å². The second kappa shape index (κ2) is 5.41. The van der Waals surface area contributed by atoms with E-state index in [1.165, 1.54) is 0 Å². The second-order valence-corrected chi connectivity index (χ2v) is 5.80. The molecule has 0 aliphatic carbocycles. The van der Waals surface area contributed by atoms with E-state index >= 15 is 0 Å². The number of aryl methyl sites for hydroxylation is 1. The number of nitrogen functional groups attached to an aromatic ring is 1. The maximum Gasteiger partial charge on any atom is 0.258 e. The fourth-order valence-corrected chi connectivity index (χ4v) is 3.10. The molecule has 1 aliphatic rings. The summed E-state index contributed by atoms with van der Waals surface area (Å²) in [7, 11) is 0. The Morgan fingerprint density at radius 3 is 2.86 bits per heavy atom. The Kier molecular flexibility index (Phi) is 3.60. The molecule has 0 spiro atoms. The number of hydrogen-bond acceptors (Lipinski definition) is 2. The maximum atomic E-state index is 12.8. The second-order valence-electron chi connectivity index (χ2n) is 5.36. The van der Waals surface area contributed by atoms with Gasteiger partial charge in [-0.2, -0.15) is 0 Å². The lowest BCUT2D eigenvalue weighted by Crippen LogP contribution is -2.36. The molecule has 1 heterocycles. The number of rotatable bonds is 1. The van der Waals surface area contributed by atoms with Gasteiger partial charge >= 0.3 is 0 Å². The lowest BCUT2D eigenvalue weighted by atomic mass is 9.98. The molecule has 0 bridgehead atoms. The van der Waals surface area contributed by atoms with E-state index in [1.54, 1.807) is 12.1 Å². The van der Waals surface area contributed by atoms with Gasteiger partial charge in [0.25, 0.3) is 5.91 Å². The van der Waals surface area contributed by atoms with Gasteiger partial charge < -0.3 is 10.6 Å². The molecule has 0 fully saturated rings. The first-order chi connectivity index (χ1) is 10.1. The number of fused-ring (bicyclic) bond motifs is 1. The topological polar surface area (TPSA) is 46.3 Å². The highest BCUT2D eigenvalue weighted by atomic mass is 35.5. The zero-order valence-electron chi connectivity index (χ0n) is 11.9. The van der Waals surface area contributed by atoms with Gasteiger partial charge in [-0.3, -0.25) is 4.79 Å². The van der Waals surface area contributed by atoms with E-state index in [-0.39, 0.29) is 5.91 Å². The van der Waals surface area contributed by atoms with Crippen LogP contribution in [0.25, 0.3) is 0 Å². The SMILES string of the molecule is Cc1cc(Cl)ccc1C(=O)N1CCCc2c(N)cccc21. The van der Waals surface area contributed by atoms with Gasteiger partial charge in [-0.25, -0.2) is 0 Å². The van der Waals surface area contributed by atoms with Crippen molar-refractivity contribution in [3.05, 3.63) is 58.1 Å². The first-order valence-electron chi connectivity index (χ1n) is 7.03. The molecular formula is C17H17ClN2O. The minimum absolute atomic E-state index is 0.00992. The van der Waals surface area contributed by atoms with Crippen molar-refractivity contribution >= 4 is 28.9 Å². The Morgan fingerprint density at radius 1 is 1.29 bits per heavy atom. The molecule has 0 aromatic heterocycles. The molecular weight excluding hydrogens is 284 g/mol. The lowest BCUT2D eigenvalue weighted by molar-refractivity contribution is 0.0984. The molecule has 108 valence electrons. The molecule has 21 heavy (non-hydrogen) atoms. The maximum absolute atomic E-state index is 12.8. The van der Waals surface area contributed by atoms with Crippen LogP contribution < -0.4 is 10.6 Å². The van der Waals surface area contributed by atoms with E-state index in [0.717, 1.165) is 41.9 Å². The van der Waals surface area contributed by atoms with Crippen molar-refractivity contribution in [1.29, 1.82) is 0 Å². The van der Waals surface area contributed by atoms with Gasteiger partial charge in [0.1, 0.15) is 0 Å². The van der Waals surface area contributed by atoms with Crippen molar-refractivity contribution in [2.45, 2.75) is 19.8 Å². The Morgan fingerprint density at radius 2 is 2.10 bits per heavy atom. The molecule has 4 heteroatoms. The third-order valence-electron chi connectivity index (χ3n) is 3.95. The highest BCUT2D eigenvalue weighted by Crippen LogP contribution is 2.32. The van der Waals surface area contributed by atoms with Gasteiger partial charge in [-0.05, 0) is 61.2 Å². The van der Waals surface area contributed by atoms with Crippen molar-refractivity contribution in [2.24, 2.45) is 0 Å². The normalized spacial score (nSPS) is 13.9. The van der Waals surface area contributed by atoms with Gasteiger partial charge in [0, 0.05) is 28.5 Å². The lowest BCUT2D eigenvalue weighted by Gasteiger charge is -2.30. The summed E-state index contributed by atoms with van der Waals surface area (Å²) in [5.74, 6) is 0.00992. The number of anilines is 2. The van der Waals surface area contributed by atoms with Crippen LogP contribution in [0.1, 0.15) is 27.9 Å². The van der Waals surface area contributed by atoms with Gasteiger partial charge in [0.2, 0.25) is 0 Å². The van der Waals surface area contributed by atoms with E-state index in [1.807, 2.05) is 36.1 Å². The van der Waals surface area contributed by atoms with Gasteiger partial charge in [0.15, 0.2) is 0 Å². The first kappa shape index (κ1) is 14.0. The summed E-state index contributed by atoms with van der Waals surface area (Å²) in [6.07, 6.45) is 1.85. The molecule has 3 rings (SSSR count). The van der Waals surface area contributed by atoms with E-state index < -0.39 is 0 Å². The third kappa shape index (κ3) is 2.49. The monoisotopic (exact) mass is 300 g/mol. The Balaban J connectivity index is 2.02. The minimum atomic E-state index is 0.00992. The molecule has 1 amide bonds. The van der Waals surface area contributed by atoms with Crippen LogP contribution in [-0.4, -0.2) is 12.5 Å². The molecule has 0 saturated heterocycles. The Bertz CT molecular complexity index is 712. The number of amides is 1. The number of benzene rings is 2. The Hall–Kier alpha value is -2.00. The highest BCUT2D eigenvalue weighted by molar-refractivity contribution is 6.30. The van der Waals surface area contributed by atoms with Crippen LogP contribution in [-0.2, 0) is 6.42 Å². The number of nitrogens with two attached hydrogens (primary N) is 1. The summed E-state index contributed by atoms with van der Waals surface area (Å²) < 4.78 is 0. The summed E-state index contributed by atoms with van der Waals surface area (Å²) in [5.41, 5.74) is 10.4. The number of nitrogens with zero attached hydrogens (tertiary/aromatic N) is 1. The zero-order chi connectivity index (χ0) is 15.0. The Labute approximate surface area is 129 Å². The number of hydrogen-bond donors (Lipinski definition) is 1. The average Bonchev–Trinajstić information content (AvgIpc) is 2.46. The number of carbonyl (C=O) groups excluding carboxylic acids is 1. The van der Waals surface area contributed by atoms with E-state index in [0.29, 0.717) is 10.6 Å². The molecule has 1 aliphatic heterocycles. The van der Waals surface area contributed by atoms with Crippen molar-refractivity contribution in [1.82, 2.24) is 0 Å². The predicted molar refractivity (Wildman–Crippen MR) is 87.0 cm³/mol. The quantitative estimate of drug-likeness (QED) is 0.814. The molecule has 0 unspecified atom stereocenters. The third-order valence-corrected chi connectivity index (χ3v) is 4.19. The van der Waals surface area contributed by atoms with Gasteiger partial charge in [-0.15, -0.1) is 0 Å². The summed E-state index contributed by atoms with van der Waals surface area (Å²) in [6.45, 7) is 2.63. The molecule has 2 aromatic rings. The fourth-order valence-electron chi connectivity index (χ4n) is 2.88. The largest absolute Gasteiger partial charge is 0.398 e. The minimum Gasteiger partial charge on any atom is -0.398 e. The van der Waals surface area contributed by atoms with Crippen LogP contribution in [0.4, 0.5) is 11.4 Å². The average molecular weight is 301 g/mol. The van der Waals surface area contributed by atoms with Crippen LogP contribution in [0.5, 0.6) is 0 Å². The van der Waals surface area contributed by atoms with Crippen LogP contribution in [0, 0.1) is 6.92 Å². The summed E-state index contributed by atoms with van der Waals surface area (Å²) in [6, 6.07) is 11.1. The van der Waals surface area contributed by atoms with Crippen molar-refractivity contribution in [3.63, 3.8) is 0 Å². The molecule has 3 nitrogen and oxygen atoms in total. The summed E-state index contributed by atoms with van der Waals surface area (Å²) in [5, 5.41) is 0.646. The molecule has 0 radical (unpaired) electrons. The standard InChI is InChI=1S/C17H17ClN2O/c1-11-10-12(18)7-8-13(11)17(21)20-9-3-4-14-15(19)5-2-6-16(14)20/h2,5-8,10H,3-4,9,19H2,1H3. The highest BCUT2D eigenvalue weighted by Gasteiger charge is 2.25. The number of halogens is 1. The fraction of sp³-hybridized carbons (Fsp3) is 0.235. The van der Waals surface area contributed by atoms with Crippen LogP contribution in [0.2, 0.25) is 5.02 Å². The predicted octanol–water partition coefficient (Wildman–Crippen LogP) is 3.82.